The largest absolute Gasteiger partial charge is 0.339 e. The Morgan fingerprint density at radius 2 is 1.79 bits per heavy atom. The summed E-state index contributed by atoms with van der Waals surface area (Å²) in [6.07, 6.45) is 0. The summed E-state index contributed by atoms with van der Waals surface area (Å²) in [5.41, 5.74) is 0.718. The van der Waals surface area contributed by atoms with Crippen molar-refractivity contribution in [2.24, 2.45) is 0 Å². The van der Waals surface area contributed by atoms with Crippen LogP contribution in [0.1, 0.15) is 5.56 Å². The molecule has 0 aliphatic carbocycles. The van der Waals surface area contributed by atoms with Crippen molar-refractivity contribution in [1.82, 2.24) is 10.2 Å². The van der Waals surface area contributed by atoms with Crippen LogP contribution in [0.3, 0.4) is 0 Å². The summed E-state index contributed by atoms with van der Waals surface area (Å²) in [5.74, 6) is -0.773. The van der Waals surface area contributed by atoms with Gasteiger partial charge in [0.05, 0.1) is 5.75 Å². The van der Waals surface area contributed by atoms with Gasteiger partial charge in [-0.1, -0.05) is 30.3 Å². The van der Waals surface area contributed by atoms with Gasteiger partial charge in [0.1, 0.15) is 5.75 Å². The number of nitrogens with one attached hydrogen (secondary N) is 1. The van der Waals surface area contributed by atoms with Gasteiger partial charge in [0.25, 0.3) is 0 Å². The van der Waals surface area contributed by atoms with Crippen LogP contribution in [0, 0.1) is 0 Å². The summed E-state index contributed by atoms with van der Waals surface area (Å²) in [4.78, 5) is 13.5. The van der Waals surface area contributed by atoms with Crippen LogP contribution in [0.2, 0.25) is 0 Å². The van der Waals surface area contributed by atoms with E-state index in [-0.39, 0.29) is 11.7 Å². The summed E-state index contributed by atoms with van der Waals surface area (Å²) in [6, 6.07) is 8.94. The Bertz CT molecular complexity index is 522. The molecule has 1 aliphatic rings. The monoisotopic (exact) mass is 282 g/mol. The first kappa shape index (κ1) is 14.0. The third kappa shape index (κ3) is 4.33. The zero-order chi connectivity index (χ0) is 13.7. The normalized spacial score (nSPS) is 16.3. The van der Waals surface area contributed by atoms with Crippen LogP contribution in [-0.4, -0.2) is 51.2 Å². The fraction of sp³-hybridized carbons (Fsp3) is 0.462. The molecule has 1 aliphatic heterocycles. The van der Waals surface area contributed by atoms with Crippen LogP contribution < -0.4 is 5.32 Å². The summed E-state index contributed by atoms with van der Waals surface area (Å²) >= 11 is 0. The molecular formula is C13H18N2O3S. The van der Waals surface area contributed by atoms with Crippen LogP contribution in [-0.2, 0) is 20.4 Å². The van der Waals surface area contributed by atoms with Gasteiger partial charge in [0, 0.05) is 26.2 Å². The summed E-state index contributed by atoms with van der Waals surface area (Å²) in [7, 11) is -3.39. The highest BCUT2D eigenvalue weighted by Crippen LogP contribution is 2.07. The van der Waals surface area contributed by atoms with Crippen molar-refractivity contribution < 1.29 is 13.2 Å². The Balaban J connectivity index is 1.95. The summed E-state index contributed by atoms with van der Waals surface area (Å²) < 4.78 is 24.0. The van der Waals surface area contributed by atoms with Crippen LogP contribution in [0.4, 0.5) is 0 Å². The first-order valence-electron chi connectivity index (χ1n) is 6.30. The number of benzene rings is 1. The number of rotatable bonds is 4. The molecule has 0 unspecified atom stereocenters. The maximum atomic E-state index is 12.0. The van der Waals surface area contributed by atoms with Gasteiger partial charge in [-0.3, -0.25) is 4.79 Å². The molecule has 0 spiro atoms. The van der Waals surface area contributed by atoms with E-state index < -0.39 is 15.6 Å². The number of hydrogen-bond acceptors (Lipinski definition) is 4. The molecule has 2 rings (SSSR count). The van der Waals surface area contributed by atoms with Crippen LogP contribution in [0.25, 0.3) is 0 Å². The molecule has 1 aromatic rings. The zero-order valence-corrected chi connectivity index (χ0v) is 11.5. The Hall–Kier alpha value is -1.40. The van der Waals surface area contributed by atoms with E-state index in [0.29, 0.717) is 13.1 Å². The van der Waals surface area contributed by atoms with E-state index in [1.807, 2.05) is 6.07 Å². The van der Waals surface area contributed by atoms with Crippen molar-refractivity contribution in [3.05, 3.63) is 35.9 Å². The highest BCUT2D eigenvalue weighted by atomic mass is 32.2. The number of amides is 1. The van der Waals surface area contributed by atoms with Crippen molar-refractivity contribution in [2.45, 2.75) is 5.75 Å². The maximum absolute atomic E-state index is 12.0. The quantitative estimate of drug-likeness (QED) is 0.846. The number of carbonyl (C=O) groups is 1. The third-order valence-electron chi connectivity index (χ3n) is 3.04. The van der Waals surface area contributed by atoms with Gasteiger partial charge < -0.3 is 10.2 Å². The minimum atomic E-state index is -3.39. The Morgan fingerprint density at radius 3 is 2.42 bits per heavy atom. The number of nitrogens with zero attached hydrogens (tertiary/aromatic N) is 1. The molecule has 1 aromatic carbocycles. The molecule has 0 bridgehead atoms. The molecule has 6 heteroatoms. The lowest BCUT2D eigenvalue weighted by Gasteiger charge is -2.27. The molecule has 19 heavy (non-hydrogen) atoms. The minimum Gasteiger partial charge on any atom is -0.339 e. The molecule has 1 saturated heterocycles. The topological polar surface area (TPSA) is 66.5 Å². The molecule has 1 fully saturated rings. The molecule has 0 saturated carbocycles. The minimum absolute atomic E-state index is 0.0777. The van der Waals surface area contributed by atoms with Crippen LogP contribution in [0.5, 0.6) is 0 Å². The fourth-order valence-electron chi connectivity index (χ4n) is 2.07. The Kier molecular flexibility index (Phi) is 4.55. The number of piperazine rings is 1. The van der Waals surface area contributed by atoms with E-state index in [2.05, 4.69) is 5.32 Å². The van der Waals surface area contributed by atoms with Gasteiger partial charge >= 0.3 is 0 Å². The van der Waals surface area contributed by atoms with Crippen LogP contribution >= 0.6 is 0 Å². The zero-order valence-electron chi connectivity index (χ0n) is 10.7. The highest BCUT2D eigenvalue weighted by Gasteiger charge is 2.23. The SMILES string of the molecule is O=C(CS(=O)(=O)Cc1ccccc1)N1CCNCC1. The molecule has 104 valence electrons. The van der Waals surface area contributed by atoms with Crippen molar-refractivity contribution >= 4 is 15.7 Å². The Morgan fingerprint density at radius 1 is 1.16 bits per heavy atom. The number of sulfone groups is 1. The van der Waals surface area contributed by atoms with E-state index in [4.69, 9.17) is 0 Å². The van der Waals surface area contributed by atoms with Crippen LogP contribution in [0.15, 0.2) is 30.3 Å². The summed E-state index contributed by atoms with van der Waals surface area (Å²) in [6.45, 7) is 2.62. The average molecular weight is 282 g/mol. The fourth-order valence-corrected chi connectivity index (χ4v) is 3.43. The standard InChI is InChI=1S/C13H18N2O3S/c16-13(15-8-6-14-7-9-15)11-19(17,18)10-12-4-2-1-3-5-12/h1-5,14H,6-11H2. The molecule has 1 heterocycles. The molecule has 5 nitrogen and oxygen atoms in total. The van der Waals surface area contributed by atoms with Crippen molar-refractivity contribution in [2.75, 3.05) is 31.9 Å². The summed E-state index contributed by atoms with van der Waals surface area (Å²) in [5, 5.41) is 3.13. The molecular weight excluding hydrogens is 264 g/mol. The maximum Gasteiger partial charge on any atom is 0.237 e. The molecule has 1 N–H and O–H groups in total. The highest BCUT2D eigenvalue weighted by molar-refractivity contribution is 7.91. The lowest BCUT2D eigenvalue weighted by atomic mass is 10.2. The molecule has 1 amide bonds. The molecule has 0 radical (unpaired) electrons. The predicted octanol–water partition coefficient (Wildman–Crippen LogP) is 0.0332. The van der Waals surface area contributed by atoms with E-state index in [9.17, 15) is 13.2 Å². The third-order valence-corrected chi connectivity index (χ3v) is 4.50. The Labute approximate surface area is 113 Å². The predicted molar refractivity (Wildman–Crippen MR) is 73.4 cm³/mol. The van der Waals surface area contributed by atoms with Crippen molar-refractivity contribution in [3.8, 4) is 0 Å². The van der Waals surface area contributed by atoms with Gasteiger partial charge in [-0.05, 0) is 5.56 Å². The van der Waals surface area contributed by atoms with Gasteiger partial charge in [0.2, 0.25) is 5.91 Å². The first-order chi connectivity index (χ1) is 9.07. The van der Waals surface area contributed by atoms with Gasteiger partial charge in [0.15, 0.2) is 9.84 Å². The second-order valence-electron chi connectivity index (χ2n) is 4.65. The van der Waals surface area contributed by atoms with E-state index in [1.165, 1.54) is 0 Å². The smallest absolute Gasteiger partial charge is 0.237 e. The van der Waals surface area contributed by atoms with Gasteiger partial charge in [-0.2, -0.15) is 0 Å². The molecule has 0 aromatic heterocycles. The lowest BCUT2D eigenvalue weighted by Crippen LogP contribution is -2.48. The van der Waals surface area contributed by atoms with E-state index in [0.717, 1.165) is 18.7 Å². The van der Waals surface area contributed by atoms with Gasteiger partial charge in [-0.15, -0.1) is 0 Å². The number of hydrogen-bond donors (Lipinski definition) is 1. The second-order valence-corrected chi connectivity index (χ2v) is 6.71. The lowest BCUT2D eigenvalue weighted by molar-refractivity contribution is -0.128. The van der Waals surface area contributed by atoms with Crippen molar-refractivity contribution in [3.63, 3.8) is 0 Å². The van der Waals surface area contributed by atoms with E-state index in [1.54, 1.807) is 29.2 Å². The number of carbonyl (C=O) groups excluding carboxylic acids is 1. The second kappa shape index (κ2) is 6.16. The van der Waals surface area contributed by atoms with Crippen molar-refractivity contribution in [1.29, 1.82) is 0 Å². The molecule has 0 atom stereocenters. The van der Waals surface area contributed by atoms with Gasteiger partial charge in [-0.25, -0.2) is 8.42 Å². The average Bonchev–Trinajstić information content (AvgIpc) is 2.39. The first-order valence-corrected chi connectivity index (χ1v) is 8.12. The van der Waals surface area contributed by atoms with E-state index >= 15 is 0 Å².